The number of anilines is 2. The summed E-state index contributed by atoms with van der Waals surface area (Å²) < 4.78 is 55.8. The molecule has 0 bridgehead atoms. The molecular weight excluding hydrogens is 474 g/mol. The average Bonchev–Trinajstić information content (AvgIpc) is 3.29. The van der Waals surface area contributed by atoms with Gasteiger partial charge in [0.1, 0.15) is 5.82 Å². The summed E-state index contributed by atoms with van der Waals surface area (Å²) in [5.41, 5.74) is 4.01. The zero-order valence-corrected chi connectivity index (χ0v) is 20.1. The van der Waals surface area contributed by atoms with E-state index in [1.165, 1.54) is 30.5 Å². The summed E-state index contributed by atoms with van der Waals surface area (Å²) in [7, 11) is 0. The van der Waals surface area contributed by atoms with Gasteiger partial charge < -0.3 is 10.7 Å². The van der Waals surface area contributed by atoms with Crippen LogP contribution in [0, 0.1) is 24.1 Å². The number of hydrogen-bond acceptors (Lipinski definition) is 4. The van der Waals surface area contributed by atoms with Gasteiger partial charge in [-0.2, -0.15) is 13.2 Å². The Morgan fingerprint density at radius 3 is 2.51 bits per heavy atom. The lowest BCUT2D eigenvalue weighted by Gasteiger charge is -2.25. The molecule has 1 heterocycles. The molecule has 0 spiro atoms. The number of fused-ring (bicyclic) bond motifs is 1. The molecule has 0 amide bonds. The van der Waals surface area contributed by atoms with Crippen molar-refractivity contribution in [3.05, 3.63) is 94.3 Å². The predicted octanol–water partition coefficient (Wildman–Crippen LogP) is 7.14. The van der Waals surface area contributed by atoms with Gasteiger partial charge in [0.15, 0.2) is 0 Å². The fourth-order valence-corrected chi connectivity index (χ4v) is 6.40. The van der Waals surface area contributed by atoms with E-state index in [0.29, 0.717) is 11.3 Å². The van der Waals surface area contributed by atoms with Gasteiger partial charge in [-0.15, -0.1) is 0 Å². The van der Waals surface area contributed by atoms with Crippen molar-refractivity contribution >= 4 is 29.5 Å². The zero-order chi connectivity index (χ0) is 25.0. The van der Waals surface area contributed by atoms with E-state index < -0.39 is 11.7 Å². The van der Waals surface area contributed by atoms with Gasteiger partial charge in [-0.05, 0) is 78.3 Å². The lowest BCUT2D eigenvalue weighted by atomic mass is 9.85. The van der Waals surface area contributed by atoms with E-state index in [9.17, 15) is 17.6 Å². The molecule has 1 aliphatic heterocycles. The van der Waals surface area contributed by atoms with Crippen LogP contribution in [0.3, 0.4) is 0 Å². The van der Waals surface area contributed by atoms with Crippen molar-refractivity contribution in [3.63, 3.8) is 0 Å². The maximum Gasteiger partial charge on any atom is 0.416 e. The number of nitrogens with one attached hydrogen (secondary N) is 2. The second kappa shape index (κ2) is 8.68. The number of nitrogens with zero attached hydrogens (tertiary/aromatic N) is 1. The highest BCUT2D eigenvalue weighted by atomic mass is 32.2. The lowest BCUT2D eigenvalue weighted by molar-refractivity contribution is -0.137. The minimum Gasteiger partial charge on any atom is -0.355 e. The summed E-state index contributed by atoms with van der Waals surface area (Å²) in [5.74, 6) is -0.138. The number of alkyl halides is 3. The van der Waals surface area contributed by atoms with Crippen LogP contribution >= 0.6 is 11.9 Å². The largest absolute Gasteiger partial charge is 0.416 e. The summed E-state index contributed by atoms with van der Waals surface area (Å²) >= 11 is 1.65. The number of piperidine rings is 1. The van der Waals surface area contributed by atoms with Gasteiger partial charge in [0, 0.05) is 47.6 Å². The molecule has 3 atom stereocenters. The quantitative estimate of drug-likeness (QED) is 0.215. The topological polar surface area (TPSA) is 39.1 Å². The van der Waals surface area contributed by atoms with Crippen LogP contribution in [0.2, 0.25) is 0 Å². The lowest BCUT2D eigenvalue weighted by Crippen LogP contribution is -2.24. The first-order valence-corrected chi connectivity index (χ1v) is 12.5. The molecule has 2 fully saturated rings. The van der Waals surface area contributed by atoms with E-state index in [-0.39, 0.29) is 23.1 Å². The van der Waals surface area contributed by atoms with Crippen molar-refractivity contribution in [3.8, 4) is 0 Å². The van der Waals surface area contributed by atoms with Gasteiger partial charge >= 0.3 is 6.18 Å². The van der Waals surface area contributed by atoms with Crippen LogP contribution in [0.1, 0.15) is 33.7 Å². The molecule has 3 aromatic rings. The van der Waals surface area contributed by atoms with Crippen LogP contribution in [0.15, 0.2) is 60.7 Å². The van der Waals surface area contributed by atoms with E-state index in [1.54, 1.807) is 30.1 Å². The fraction of sp³-hybridized carbons (Fsp3) is 0.296. The van der Waals surface area contributed by atoms with E-state index in [4.69, 9.17) is 5.41 Å². The van der Waals surface area contributed by atoms with Gasteiger partial charge in [-0.3, -0.25) is 0 Å². The molecule has 1 saturated heterocycles. The van der Waals surface area contributed by atoms with Gasteiger partial charge in [0.2, 0.25) is 0 Å². The third-order valence-corrected chi connectivity index (χ3v) is 8.15. The van der Waals surface area contributed by atoms with E-state index in [0.717, 1.165) is 41.5 Å². The minimum absolute atomic E-state index is 0.0126. The van der Waals surface area contributed by atoms with Crippen LogP contribution in [0.4, 0.5) is 28.9 Å². The first-order valence-electron chi connectivity index (χ1n) is 11.3. The number of benzene rings is 3. The number of halogens is 4. The van der Waals surface area contributed by atoms with E-state index in [1.807, 2.05) is 25.3 Å². The Bertz CT molecular complexity index is 1270. The third kappa shape index (κ3) is 4.12. The number of aryl methyl sites for hydroxylation is 1. The van der Waals surface area contributed by atoms with Crippen molar-refractivity contribution in [1.29, 1.82) is 5.41 Å². The highest BCUT2D eigenvalue weighted by molar-refractivity contribution is 7.96. The summed E-state index contributed by atoms with van der Waals surface area (Å²) in [6.45, 7) is 3.55. The molecule has 3 aromatic carbocycles. The Hall–Kier alpha value is -2.84. The maximum absolute atomic E-state index is 13.4. The molecule has 0 radical (unpaired) electrons. The smallest absolute Gasteiger partial charge is 0.355 e. The van der Waals surface area contributed by atoms with Gasteiger partial charge in [0.05, 0.1) is 5.56 Å². The Morgan fingerprint density at radius 2 is 1.86 bits per heavy atom. The molecule has 1 saturated carbocycles. The van der Waals surface area contributed by atoms with Crippen LogP contribution in [-0.2, 0) is 11.6 Å². The molecule has 0 aromatic heterocycles. The van der Waals surface area contributed by atoms with E-state index >= 15 is 0 Å². The van der Waals surface area contributed by atoms with Gasteiger partial charge in [0.25, 0.3) is 0 Å². The normalized spacial score (nSPS) is 23.7. The average molecular weight is 500 g/mol. The zero-order valence-electron chi connectivity index (χ0n) is 19.3. The van der Waals surface area contributed by atoms with Crippen LogP contribution < -0.4 is 5.32 Å². The van der Waals surface area contributed by atoms with Crippen LogP contribution in [0.25, 0.3) is 0 Å². The molecule has 35 heavy (non-hydrogen) atoms. The van der Waals surface area contributed by atoms with E-state index in [2.05, 4.69) is 9.62 Å². The Balaban J connectivity index is 1.55. The van der Waals surface area contributed by atoms with Crippen LogP contribution in [-0.4, -0.2) is 29.9 Å². The molecule has 182 valence electrons. The number of hydrogen-bond donors (Lipinski definition) is 2. The SMILES string of the molecule is CSN1CC2C(c3cccc(C(F)(F)F)c3)C2(c2cc(C=N)c(Nc3ccc(F)cc3)cc2C)C1. The Kier molecular flexibility index (Phi) is 5.92. The Labute approximate surface area is 206 Å². The highest BCUT2D eigenvalue weighted by Crippen LogP contribution is 2.70. The summed E-state index contributed by atoms with van der Waals surface area (Å²) in [6, 6.07) is 15.7. The highest BCUT2D eigenvalue weighted by Gasteiger charge is 2.70. The summed E-state index contributed by atoms with van der Waals surface area (Å²) in [5, 5.41) is 11.3. The third-order valence-electron chi connectivity index (χ3n) is 7.36. The second-order valence-corrected chi connectivity index (χ2v) is 10.2. The minimum atomic E-state index is -4.38. The predicted molar refractivity (Wildman–Crippen MR) is 133 cm³/mol. The molecule has 8 heteroatoms. The van der Waals surface area contributed by atoms with Crippen molar-refractivity contribution in [2.24, 2.45) is 5.92 Å². The van der Waals surface area contributed by atoms with Gasteiger partial charge in [-0.25, -0.2) is 8.70 Å². The van der Waals surface area contributed by atoms with Crippen LogP contribution in [0.5, 0.6) is 0 Å². The van der Waals surface area contributed by atoms with Crippen molar-refractivity contribution < 1.29 is 17.6 Å². The molecule has 2 aliphatic rings. The Morgan fingerprint density at radius 1 is 1.11 bits per heavy atom. The molecule has 2 N–H and O–H groups in total. The van der Waals surface area contributed by atoms with Crippen molar-refractivity contribution in [2.45, 2.75) is 24.4 Å². The molecule has 3 nitrogen and oxygen atoms in total. The molecular formula is C27H25F4N3S. The van der Waals surface area contributed by atoms with Crippen molar-refractivity contribution in [1.82, 2.24) is 4.31 Å². The monoisotopic (exact) mass is 499 g/mol. The van der Waals surface area contributed by atoms with Crippen molar-refractivity contribution in [2.75, 3.05) is 24.7 Å². The van der Waals surface area contributed by atoms with Gasteiger partial charge in [-0.1, -0.05) is 30.1 Å². The standard InChI is InChI=1S/C27H25F4N3S/c1-16-10-24(33-21-8-6-20(28)7-9-21)18(13-32)12-22(16)26-15-34(35-2)14-23(26)25(26)17-4-3-5-19(11-17)27(29,30)31/h3-13,23,25,32-33H,14-15H2,1-2H3. The molecule has 3 unspecified atom stereocenters. The molecule has 5 rings (SSSR count). The second-order valence-electron chi connectivity index (χ2n) is 9.28. The first kappa shape index (κ1) is 23.9. The summed E-state index contributed by atoms with van der Waals surface area (Å²) in [4.78, 5) is 0. The number of rotatable bonds is 6. The maximum atomic E-state index is 13.4. The first-order chi connectivity index (χ1) is 16.7. The fourth-order valence-electron chi connectivity index (χ4n) is 5.75. The molecule has 1 aliphatic carbocycles. The summed E-state index contributed by atoms with van der Waals surface area (Å²) in [6.07, 6.45) is -1.08.